The number of thiocarbonyl (C=S) groups is 1. The molecule has 0 aromatic heterocycles. The van der Waals surface area contributed by atoms with Gasteiger partial charge in [0.2, 0.25) is 11.8 Å². The van der Waals surface area contributed by atoms with Gasteiger partial charge >= 0.3 is 0 Å². The molecule has 1 atom stereocenters. The van der Waals surface area contributed by atoms with Crippen molar-refractivity contribution in [3.8, 4) is 0 Å². The SMILES string of the molecule is CC(=O)NCC([C]=S)NC(C)=O. The van der Waals surface area contributed by atoms with E-state index in [0.29, 0.717) is 6.54 Å². The van der Waals surface area contributed by atoms with Gasteiger partial charge in [0.25, 0.3) is 0 Å². The third-order valence-corrected chi connectivity index (χ3v) is 1.36. The predicted octanol–water partition coefficient (Wildman–Crippen LogP) is -0.496. The summed E-state index contributed by atoms with van der Waals surface area (Å²) in [7, 11) is 0. The van der Waals surface area contributed by atoms with Gasteiger partial charge in [0, 0.05) is 20.4 Å². The molecule has 2 amide bonds. The minimum Gasteiger partial charge on any atom is -0.354 e. The van der Waals surface area contributed by atoms with Gasteiger partial charge in [-0.1, -0.05) is 12.2 Å². The van der Waals surface area contributed by atoms with Gasteiger partial charge < -0.3 is 10.6 Å². The van der Waals surface area contributed by atoms with Crippen molar-refractivity contribution in [1.29, 1.82) is 0 Å². The summed E-state index contributed by atoms with van der Waals surface area (Å²) in [6.45, 7) is 3.07. The molecule has 0 rings (SSSR count). The number of hydrogen-bond donors (Lipinski definition) is 2. The molecule has 0 aliphatic heterocycles. The Morgan fingerprint density at radius 2 is 2.00 bits per heavy atom. The Morgan fingerprint density at radius 3 is 2.33 bits per heavy atom. The van der Waals surface area contributed by atoms with Crippen molar-refractivity contribution in [2.24, 2.45) is 0 Å². The Bertz CT molecular complexity index is 194. The molecule has 0 bridgehead atoms. The van der Waals surface area contributed by atoms with Crippen LogP contribution in [0.2, 0.25) is 0 Å². The van der Waals surface area contributed by atoms with E-state index < -0.39 is 0 Å². The number of carbonyl (C=O) groups is 2. The van der Waals surface area contributed by atoms with Crippen molar-refractivity contribution >= 4 is 29.4 Å². The maximum atomic E-state index is 10.5. The largest absolute Gasteiger partial charge is 0.354 e. The lowest BCUT2D eigenvalue weighted by Crippen LogP contribution is -2.42. The summed E-state index contributed by atoms with van der Waals surface area (Å²) in [6, 6.07) is -0.388. The molecule has 12 heavy (non-hydrogen) atoms. The predicted molar refractivity (Wildman–Crippen MR) is 48.9 cm³/mol. The van der Waals surface area contributed by atoms with Crippen LogP contribution in [0, 0.1) is 0 Å². The van der Waals surface area contributed by atoms with Crippen molar-refractivity contribution < 1.29 is 9.59 Å². The number of amides is 2. The van der Waals surface area contributed by atoms with Gasteiger partial charge in [0.05, 0.1) is 11.4 Å². The van der Waals surface area contributed by atoms with Crippen LogP contribution in [-0.4, -0.2) is 29.8 Å². The summed E-state index contributed by atoms with van der Waals surface area (Å²) in [5, 5.41) is 7.46. The molecule has 0 aromatic carbocycles. The minimum atomic E-state index is -0.388. The van der Waals surface area contributed by atoms with Crippen LogP contribution in [-0.2, 0) is 9.59 Å². The van der Waals surface area contributed by atoms with Crippen molar-refractivity contribution in [2.75, 3.05) is 6.54 Å². The molecule has 4 nitrogen and oxygen atoms in total. The van der Waals surface area contributed by atoms with E-state index in [0.717, 1.165) is 0 Å². The first kappa shape index (κ1) is 11.0. The van der Waals surface area contributed by atoms with E-state index >= 15 is 0 Å². The normalized spacial score (nSPS) is 11.5. The Kier molecular flexibility index (Phi) is 5.19. The molecule has 0 aliphatic carbocycles. The first-order valence-corrected chi connectivity index (χ1v) is 3.86. The average molecular weight is 187 g/mol. The second-order valence-corrected chi connectivity index (χ2v) is 2.54. The van der Waals surface area contributed by atoms with Crippen molar-refractivity contribution in [3.63, 3.8) is 0 Å². The summed E-state index contributed by atoms with van der Waals surface area (Å²) in [5.41, 5.74) is 0. The number of carbonyl (C=O) groups excluding carboxylic acids is 2. The molecule has 0 fully saturated rings. The van der Waals surface area contributed by atoms with E-state index in [1.165, 1.54) is 13.8 Å². The third kappa shape index (κ3) is 5.79. The first-order chi connectivity index (χ1) is 5.56. The standard InChI is InChI=1S/C7H11N2O2S/c1-5(10)8-3-7(4-12)9-6(2)11/h7H,3H2,1-2H3,(H,8,10)(H,9,11). The molecule has 0 saturated heterocycles. The zero-order valence-corrected chi connectivity index (χ0v) is 7.83. The fourth-order valence-corrected chi connectivity index (χ4v) is 0.756. The van der Waals surface area contributed by atoms with Gasteiger partial charge in [-0.25, -0.2) is 0 Å². The molecule has 0 aromatic rings. The summed E-state index contributed by atoms with van der Waals surface area (Å²) < 4.78 is 0. The molecule has 1 radical (unpaired) electrons. The lowest BCUT2D eigenvalue weighted by atomic mass is 10.3. The van der Waals surface area contributed by atoms with Gasteiger partial charge in [-0.3, -0.25) is 9.59 Å². The molecule has 0 aliphatic rings. The lowest BCUT2D eigenvalue weighted by molar-refractivity contribution is -0.121. The van der Waals surface area contributed by atoms with Crippen LogP contribution in [0.1, 0.15) is 13.8 Å². The van der Waals surface area contributed by atoms with Crippen LogP contribution in [0.4, 0.5) is 0 Å². The fourth-order valence-electron chi connectivity index (χ4n) is 0.613. The Morgan fingerprint density at radius 1 is 1.42 bits per heavy atom. The third-order valence-electron chi connectivity index (χ3n) is 1.07. The molecule has 0 heterocycles. The van der Waals surface area contributed by atoms with E-state index in [4.69, 9.17) is 0 Å². The highest BCUT2D eigenvalue weighted by Crippen LogP contribution is 1.78. The first-order valence-electron chi connectivity index (χ1n) is 3.45. The maximum absolute atomic E-state index is 10.5. The number of nitrogens with one attached hydrogen (secondary N) is 2. The summed E-state index contributed by atoms with van der Waals surface area (Å²) >= 11 is 4.53. The molecular weight excluding hydrogens is 176 g/mol. The molecule has 0 spiro atoms. The monoisotopic (exact) mass is 187 g/mol. The number of rotatable bonds is 4. The van der Waals surface area contributed by atoms with Crippen LogP contribution in [0.25, 0.3) is 0 Å². The van der Waals surface area contributed by atoms with Gasteiger partial charge in [-0.15, -0.1) is 0 Å². The van der Waals surface area contributed by atoms with Gasteiger partial charge in [-0.2, -0.15) is 0 Å². The highest BCUT2D eigenvalue weighted by molar-refractivity contribution is 7.79. The van der Waals surface area contributed by atoms with Crippen LogP contribution >= 0.6 is 12.2 Å². The second-order valence-electron chi connectivity index (χ2n) is 2.31. The Labute approximate surface area is 76.7 Å². The van der Waals surface area contributed by atoms with E-state index in [1.54, 1.807) is 0 Å². The summed E-state index contributed by atoms with van der Waals surface area (Å²) in [4.78, 5) is 21.0. The van der Waals surface area contributed by atoms with Crippen LogP contribution in [0.15, 0.2) is 0 Å². The van der Waals surface area contributed by atoms with E-state index in [9.17, 15) is 9.59 Å². The molecule has 2 N–H and O–H groups in total. The highest BCUT2D eigenvalue weighted by Gasteiger charge is 2.06. The topological polar surface area (TPSA) is 58.2 Å². The minimum absolute atomic E-state index is 0.157. The average Bonchev–Trinajstić information content (AvgIpc) is 1.97. The molecule has 1 unspecified atom stereocenters. The van der Waals surface area contributed by atoms with E-state index in [2.05, 4.69) is 28.2 Å². The van der Waals surface area contributed by atoms with Crippen molar-refractivity contribution in [2.45, 2.75) is 19.9 Å². The van der Waals surface area contributed by atoms with Gasteiger partial charge in [-0.05, 0) is 0 Å². The summed E-state index contributed by atoms with van der Waals surface area (Å²) in [6.07, 6.45) is 0. The van der Waals surface area contributed by atoms with Gasteiger partial charge in [0.15, 0.2) is 0 Å². The van der Waals surface area contributed by atoms with E-state index in [-0.39, 0.29) is 17.9 Å². The Hall–Kier alpha value is -0.970. The highest BCUT2D eigenvalue weighted by atomic mass is 32.1. The zero-order valence-electron chi connectivity index (χ0n) is 7.01. The maximum Gasteiger partial charge on any atom is 0.217 e. The second kappa shape index (κ2) is 5.65. The van der Waals surface area contributed by atoms with Crippen molar-refractivity contribution in [3.05, 3.63) is 0 Å². The van der Waals surface area contributed by atoms with Crippen LogP contribution in [0.3, 0.4) is 0 Å². The lowest BCUT2D eigenvalue weighted by Gasteiger charge is -2.11. The van der Waals surface area contributed by atoms with Crippen molar-refractivity contribution in [1.82, 2.24) is 10.6 Å². The molecule has 5 heteroatoms. The quantitative estimate of drug-likeness (QED) is 0.584. The molecule has 67 valence electrons. The molecular formula is C7H11N2O2S. The fraction of sp³-hybridized carbons (Fsp3) is 0.571. The Balaban J connectivity index is 3.75. The van der Waals surface area contributed by atoms with Crippen LogP contribution < -0.4 is 10.6 Å². The summed E-state index contributed by atoms with van der Waals surface area (Å²) in [5.74, 6) is -0.349. The number of hydrogen-bond acceptors (Lipinski definition) is 3. The zero-order chi connectivity index (χ0) is 9.56. The van der Waals surface area contributed by atoms with E-state index in [1.807, 2.05) is 0 Å². The van der Waals surface area contributed by atoms with Gasteiger partial charge in [0.1, 0.15) is 0 Å². The van der Waals surface area contributed by atoms with Crippen LogP contribution in [0.5, 0.6) is 0 Å². The molecule has 0 saturated carbocycles. The smallest absolute Gasteiger partial charge is 0.217 e.